The van der Waals surface area contributed by atoms with Gasteiger partial charge in [-0.3, -0.25) is 0 Å². The van der Waals surface area contributed by atoms with Gasteiger partial charge in [-0.1, -0.05) is 36.5 Å². The lowest BCUT2D eigenvalue weighted by Gasteiger charge is -1.94. The van der Waals surface area contributed by atoms with Gasteiger partial charge in [0.2, 0.25) is 0 Å². The van der Waals surface area contributed by atoms with E-state index in [1.165, 1.54) is 25.7 Å². The first-order chi connectivity index (χ1) is 6.00. The van der Waals surface area contributed by atoms with Gasteiger partial charge in [0.1, 0.15) is 0 Å². The summed E-state index contributed by atoms with van der Waals surface area (Å²) in [6.07, 6.45) is 21.0. The molecule has 0 saturated heterocycles. The lowest BCUT2D eigenvalue weighted by Crippen LogP contribution is -1.73. The molecule has 1 aliphatic carbocycles. The molecule has 0 aromatic carbocycles. The van der Waals surface area contributed by atoms with E-state index in [0.717, 1.165) is 12.8 Å². The highest BCUT2D eigenvalue weighted by atomic mass is 13.9. The van der Waals surface area contributed by atoms with Crippen LogP contribution in [0.4, 0.5) is 0 Å². The van der Waals surface area contributed by atoms with Crippen molar-refractivity contribution < 1.29 is 0 Å². The Bertz CT molecular complexity index is 152. The van der Waals surface area contributed by atoms with Crippen LogP contribution in [0.3, 0.4) is 0 Å². The zero-order valence-electron chi connectivity index (χ0n) is 7.71. The van der Waals surface area contributed by atoms with Gasteiger partial charge in [-0.15, -0.1) is 0 Å². The summed E-state index contributed by atoms with van der Waals surface area (Å²) >= 11 is 0. The molecule has 1 rings (SSSR count). The van der Waals surface area contributed by atoms with E-state index < -0.39 is 0 Å². The first-order valence-electron chi connectivity index (χ1n) is 4.95. The fraction of sp³-hybridized carbons (Fsp3) is 0.500. The SMILES string of the molecule is C1=CC/C=C/CCCC/C=C\C1. The smallest absolute Gasteiger partial charge is 0.0169 e. The van der Waals surface area contributed by atoms with Crippen LogP contribution < -0.4 is 0 Å². The number of rotatable bonds is 0. The molecule has 0 N–H and O–H groups in total. The molecule has 1 aliphatic rings. The van der Waals surface area contributed by atoms with Crippen LogP contribution in [0.25, 0.3) is 0 Å². The summed E-state index contributed by atoms with van der Waals surface area (Å²) in [5.74, 6) is 0. The molecule has 0 nitrogen and oxygen atoms in total. The Labute approximate surface area is 75.7 Å². The maximum absolute atomic E-state index is 2.30. The summed E-state index contributed by atoms with van der Waals surface area (Å²) in [5.41, 5.74) is 0. The van der Waals surface area contributed by atoms with Crippen molar-refractivity contribution in [1.82, 2.24) is 0 Å². The largest absolute Gasteiger partial charge is 0.0882 e. The number of hydrogen-bond donors (Lipinski definition) is 0. The second-order valence-electron chi connectivity index (χ2n) is 3.17. The summed E-state index contributed by atoms with van der Waals surface area (Å²) in [4.78, 5) is 0. The van der Waals surface area contributed by atoms with Gasteiger partial charge in [0.25, 0.3) is 0 Å². The molecule has 0 bridgehead atoms. The van der Waals surface area contributed by atoms with Crippen molar-refractivity contribution in [2.24, 2.45) is 0 Å². The van der Waals surface area contributed by atoms with Gasteiger partial charge in [-0.2, -0.15) is 0 Å². The Kier molecular flexibility index (Phi) is 5.35. The van der Waals surface area contributed by atoms with Crippen molar-refractivity contribution in [3.8, 4) is 0 Å². The Morgan fingerprint density at radius 1 is 0.500 bits per heavy atom. The van der Waals surface area contributed by atoms with Crippen LogP contribution in [-0.2, 0) is 0 Å². The monoisotopic (exact) mass is 162 g/mol. The van der Waals surface area contributed by atoms with Gasteiger partial charge >= 0.3 is 0 Å². The fourth-order valence-corrected chi connectivity index (χ4v) is 1.30. The standard InChI is InChI=1S/C12H18/c1-2-4-6-8-10-12-11-9-7-5-3-1/h1-2,5-8H,3-4,9-12H2/b2-1?,7-5-,8-6+. The van der Waals surface area contributed by atoms with Gasteiger partial charge in [0.05, 0.1) is 0 Å². The molecule has 0 aliphatic heterocycles. The van der Waals surface area contributed by atoms with Crippen molar-refractivity contribution >= 4 is 0 Å². The molecule has 66 valence electrons. The Morgan fingerprint density at radius 2 is 0.917 bits per heavy atom. The van der Waals surface area contributed by atoms with E-state index in [-0.39, 0.29) is 0 Å². The van der Waals surface area contributed by atoms with Crippen LogP contribution in [0, 0.1) is 0 Å². The van der Waals surface area contributed by atoms with Gasteiger partial charge in [-0.05, 0) is 38.5 Å². The van der Waals surface area contributed by atoms with Crippen LogP contribution in [0.1, 0.15) is 38.5 Å². The van der Waals surface area contributed by atoms with Gasteiger partial charge < -0.3 is 0 Å². The third-order valence-corrected chi connectivity index (χ3v) is 2.04. The van der Waals surface area contributed by atoms with E-state index in [9.17, 15) is 0 Å². The average molecular weight is 162 g/mol. The summed E-state index contributed by atoms with van der Waals surface area (Å²) in [7, 11) is 0. The molecule has 0 fully saturated rings. The molecule has 0 saturated carbocycles. The zero-order valence-corrected chi connectivity index (χ0v) is 7.71. The lowest BCUT2D eigenvalue weighted by atomic mass is 10.1. The zero-order chi connectivity index (χ0) is 8.49. The van der Waals surface area contributed by atoms with Crippen molar-refractivity contribution in [2.45, 2.75) is 38.5 Å². The predicted molar refractivity (Wildman–Crippen MR) is 55.1 cm³/mol. The molecule has 0 unspecified atom stereocenters. The van der Waals surface area contributed by atoms with E-state index in [1.54, 1.807) is 0 Å². The number of hydrogen-bond acceptors (Lipinski definition) is 0. The Balaban J connectivity index is 2.31. The summed E-state index contributed by atoms with van der Waals surface area (Å²) in [5, 5.41) is 0. The van der Waals surface area contributed by atoms with E-state index in [2.05, 4.69) is 36.5 Å². The van der Waals surface area contributed by atoms with Crippen molar-refractivity contribution in [3.05, 3.63) is 36.5 Å². The molecule has 0 aromatic rings. The van der Waals surface area contributed by atoms with Crippen LogP contribution >= 0.6 is 0 Å². The van der Waals surface area contributed by atoms with Crippen molar-refractivity contribution in [3.63, 3.8) is 0 Å². The van der Waals surface area contributed by atoms with Crippen LogP contribution in [-0.4, -0.2) is 0 Å². The molecule has 0 spiro atoms. The summed E-state index contributed by atoms with van der Waals surface area (Å²) in [6.45, 7) is 0. The van der Waals surface area contributed by atoms with Crippen molar-refractivity contribution in [1.29, 1.82) is 0 Å². The molecule has 0 heteroatoms. The van der Waals surface area contributed by atoms with E-state index >= 15 is 0 Å². The highest BCUT2D eigenvalue weighted by Gasteiger charge is 1.84. The topological polar surface area (TPSA) is 0 Å². The van der Waals surface area contributed by atoms with Gasteiger partial charge in [0, 0.05) is 0 Å². The normalized spacial score (nSPS) is 25.3. The quantitative estimate of drug-likeness (QED) is 0.472. The molecule has 0 aromatic heterocycles. The third kappa shape index (κ3) is 4.95. The molecule has 12 heavy (non-hydrogen) atoms. The van der Waals surface area contributed by atoms with Gasteiger partial charge in [0.15, 0.2) is 0 Å². The third-order valence-electron chi connectivity index (χ3n) is 2.04. The average Bonchev–Trinajstić information content (AvgIpc) is 2.05. The van der Waals surface area contributed by atoms with Crippen molar-refractivity contribution in [2.75, 3.05) is 0 Å². The molecular formula is C12H18. The minimum absolute atomic E-state index is 1.10. The minimum atomic E-state index is 1.10. The lowest BCUT2D eigenvalue weighted by molar-refractivity contribution is 0.760. The maximum atomic E-state index is 2.30. The molecule has 0 amide bonds. The molecule has 0 heterocycles. The van der Waals surface area contributed by atoms with Crippen LogP contribution in [0.5, 0.6) is 0 Å². The highest BCUT2D eigenvalue weighted by Crippen LogP contribution is 2.04. The van der Waals surface area contributed by atoms with E-state index in [1.807, 2.05) is 0 Å². The highest BCUT2D eigenvalue weighted by molar-refractivity contribution is 4.97. The fourth-order valence-electron chi connectivity index (χ4n) is 1.30. The molecule has 0 radical (unpaired) electrons. The van der Waals surface area contributed by atoms with Crippen LogP contribution in [0.15, 0.2) is 36.5 Å². The predicted octanol–water partition coefficient (Wildman–Crippen LogP) is 4.01. The molecule has 0 atom stereocenters. The summed E-state index contributed by atoms with van der Waals surface area (Å²) < 4.78 is 0. The maximum Gasteiger partial charge on any atom is -0.0169 e. The second-order valence-corrected chi connectivity index (χ2v) is 3.17. The number of allylic oxidation sites excluding steroid dienone is 6. The first kappa shape index (κ1) is 9.31. The first-order valence-corrected chi connectivity index (χ1v) is 4.95. The summed E-state index contributed by atoms with van der Waals surface area (Å²) in [6, 6.07) is 0. The second kappa shape index (κ2) is 6.90. The minimum Gasteiger partial charge on any atom is -0.0882 e. The Morgan fingerprint density at radius 3 is 1.42 bits per heavy atom. The Hall–Kier alpha value is -0.780. The van der Waals surface area contributed by atoms with E-state index in [4.69, 9.17) is 0 Å². The van der Waals surface area contributed by atoms with Gasteiger partial charge in [-0.25, -0.2) is 0 Å². The molecular weight excluding hydrogens is 144 g/mol. The van der Waals surface area contributed by atoms with E-state index in [0.29, 0.717) is 0 Å². The van der Waals surface area contributed by atoms with Crippen LogP contribution in [0.2, 0.25) is 0 Å².